The molecule has 0 aliphatic carbocycles. The zero-order chi connectivity index (χ0) is 21.9. The quantitative estimate of drug-likeness (QED) is 0.298. The van der Waals surface area contributed by atoms with Gasteiger partial charge in [-0.25, -0.2) is 4.39 Å². The lowest BCUT2D eigenvalue weighted by Crippen LogP contribution is -2.08. The summed E-state index contributed by atoms with van der Waals surface area (Å²) in [7, 11) is 0. The van der Waals surface area contributed by atoms with Crippen molar-refractivity contribution in [1.82, 2.24) is 14.8 Å². The molecule has 1 aliphatic heterocycles. The fourth-order valence-electron chi connectivity index (χ4n) is 3.46. The molecule has 0 unspecified atom stereocenters. The van der Waals surface area contributed by atoms with Crippen molar-refractivity contribution in [3.8, 4) is 22.9 Å². The van der Waals surface area contributed by atoms with Gasteiger partial charge in [0.1, 0.15) is 5.82 Å². The SMILES string of the molecule is O=C(CSc1nnc(-c2ccccc2)n1Cc1ccc2c(c1)OCO2)c1ccccc1F. The molecule has 0 amide bonds. The van der Waals surface area contributed by atoms with Gasteiger partial charge < -0.3 is 9.47 Å². The molecule has 0 saturated carbocycles. The number of fused-ring (bicyclic) bond motifs is 1. The molecule has 0 spiro atoms. The van der Waals surface area contributed by atoms with Gasteiger partial charge in [0, 0.05) is 5.56 Å². The van der Waals surface area contributed by atoms with Gasteiger partial charge in [-0.05, 0) is 29.8 Å². The van der Waals surface area contributed by atoms with Crippen molar-refractivity contribution >= 4 is 17.5 Å². The van der Waals surface area contributed by atoms with Gasteiger partial charge in [0.05, 0.1) is 17.9 Å². The molecule has 6 nitrogen and oxygen atoms in total. The van der Waals surface area contributed by atoms with Crippen LogP contribution in [0.1, 0.15) is 15.9 Å². The van der Waals surface area contributed by atoms with Crippen LogP contribution in [0, 0.1) is 5.82 Å². The number of rotatable bonds is 7. The van der Waals surface area contributed by atoms with Crippen LogP contribution in [0.25, 0.3) is 11.4 Å². The number of benzene rings is 3. The van der Waals surface area contributed by atoms with Gasteiger partial charge in [-0.3, -0.25) is 9.36 Å². The summed E-state index contributed by atoms with van der Waals surface area (Å²) in [5.41, 5.74) is 1.96. The fraction of sp³-hybridized carbons (Fsp3) is 0.125. The number of aromatic nitrogens is 3. The molecule has 2 heterocycles. The number of carbonyl (C=O) groups is 1. The number of halogens is 1. The average Bonchev–Trinajstić information content (AvgIpc) is 3.45. The summed E-state index contributed by atoms with van der Waals surface area (Å²) in [6.45, 7) is 0.685. The van der Waals surface area contributed by atoms with Crippen LogP contribution in [0.3, 0.4) is 0 Å². The molecular weight excluding hydrogens is 429 g/mol. The Morgan fingerprint density at radius 3 is 2.59 bits per heavy atom. The predicted octanol–water partition coefficient (Wildman–Crippen LogP) is 4.84. The summed E-state index contributed by atoms with van der Waals surface area (Å²) in [5.74, 6) is 1.32. The third-order valence-electron chi connectivity index (χ3n) is 5.03. The minimum absolute atomic E-state index is 0.0506. The van der Waals surface area contributed by atoms with Gasteiger partial charge in [-0.2, -0.15) is 0 Å². The summed E-state index contributed by atoms with van der Waals surface area (Å²) in [5, 5.41) is 9.27. The molecule has 0 fully saturated rings. The van der Waals surface area contributed by atoms with Crippen LogP contribution in [-0.2, 0) is 6.54 Å². The highest BCUT2D eigenvalue weighted by atomic mass is 32.2. The van der Waals surface area contributed by atoms with E-state index in [-0.39, 0.29) is 23.9 Å². The van der Waals surface area contributed by atoms with Crippen molar-refractivity contribution in [2.45, 2.75) is 11.7 Å². The van der Waals surface area contributed by atoms with E-state index < -0.39 is 5.82 Å². The summed E-state index contributed by atoms with van der Waals surface area (Å²) in [6.07, 6.45) is 0. The monoisotopic (exact) mass is 447 g/mol. The Labute approximate surface area is 188 Å². The predicted molar refractivity (Wildman–Crippen MR) is 119 cm³/mol. The van der Waals surface area contributed by atoms with E-state index in [1.54, 1.807) is 12.1 Å². The first kappa shape index (κ1) is 20.3. The van der Waals surface area contributed by atoms with Gasteiger partial charge >= 0.3 is 0 Å². The standard InChI is InChI=1S/C24H18FN3O3S/c25-19-9-5-4-8-18(19)20(29)14-32-24-27-26-23(17-6-2-1-3-7-17)28(24)13-16-10-11-21-22(12-16)31-15-30-21/h1-12H,13-15H2. The number of nitrogens with zero attached hydrogens (tertiary/aromatic N) is 3. The van der Waals surface area contributed by atoms with Gasteiger partial charge in [-0.15, -0.1) is 10.2 Å². The molecule has 0 atom stereocenters. The number of hydrogen-bond donors (Lipinski definition) is 0. The van der Waals surface area contributed by atoms with E-state index in [1.807, 2.05) is 53.1 Å². The lowest BCUT2D eigenvalue weighted by atomic mass is 10.1. The summed E-state index contributed by atoms with van der Waals surface area (Å²) >= 11 is 1.24. The minimum Gasteiger partial charge on any atom is -0.454 e. The summed E-state index contributed by atoms with van der Waals surface area (Å²) in [4.78, 5) is 12.6. The molecule has 4 aromatic rings. The van der Waals surface area contributed by atoms with E-state index in [0.29, 0.717) is 29.0 Å². The van der Waals surface area contributed by atoms with E-state index in [1.165, 1.54) is 23.9 Å². The van der Waals surface area contributed by atoms with E-state index in [0.717, 1.165) is 11.1 Å². The smallest absolute Gasteiger partial charge is 0.231 e. The second-order valence-electron chi connectivity index (χ2n) is 7.14. The second-order valence-corrected chi connectivity index (χ2v) is 8.08. The molecule has 0 radical (unpaired) electrons. The molecule has 8 heteroatoms. The molecule has 32 heavy (non-hydrogen) atoms. The van der Waals surface area contributed by atoms with Crippen LogP contribution >= 0.6 is 11.8 Å². The van der Waals surface area contributed by atoms with Crippen molar-refractivity contribution in [3.63, 3.8) is 0 Å². The Hall–Kier alpha value is -3.65. The maximum Gasteiger partial charge on any atom is 0.231 e. The molecule has 1 aromatic heterocycles. The second kappa shape index (κ2) is 8.84. The summed E-state index contributed by atoms with van der Waals surface area (Å²) in [6, 6.07) is 21.5. The van der Waals surface area contributed by atoms with Crippen molar-refractivity contribution < 1.29 is 18.7 Å². The maximum absolute atomic E-state index is 14.0. The van der Waals surface area contributed by atoms with Crippen LogP contribution in [0.5, 0.6) is 11.5 Å². The number of ketones is 1. The average molecular weight is 447 g/mol. The number of ether oxygens (including phenoxy) is 2. The van der Waals surface area contributed by atoms with Gasteiger partial charge in [-0.1, -0.05) is 60.3 Å². The van der Waals surface area contributed by atoms with Crippen molar-refractivity contribution in [2.75, 3.05) is 12.5 Å². The van der Waals surface area contributed by atoms with Gasteiger partial charge in [0.15, 0.2) is 28.3 Å². The first-order chi connectivity index (χ1) is 15.7. The Balaban J connectivity index is 1.44. The van der Waals surface area contributed by atoms with Crippen LogP contribution in [-0.4, -0.2) is 33.1 Å². The lowest BCUT2D eigenvalue weighted by Gasteiger charge is -2.11. The molecule has 5 rings (SSSR count). The first-order valence-corrected chi connectivity index (χ1v) is 11.0. The molecular formula is C24H18FN3O3S. The number of thioether (sulfide) groups is 1. The summed E-state index contributed by atoms with van der Waals surface area (Å²) < 4.78 is 26.8. The van der Waals surface area contributed by atoms with E-state index >= 15 is 0 Å². The third kappa shape index (κ3) is 4.09. The zero-order valence-corrected chi connectivity index (χ0v) is 17.7. The minimum atomic E-state index is -0.523. The normalized spacial score (nSPS) is 12.2. The molecule has 0 bridgehead atoms. The Kier molecular flexibility index (Phi) is 5.60. The van der Waals surface area contributed by atoms with Crippen LogP contribution in [0.2, 0.25) is 0 Å². The molecule has 1 aliphatic rings. The van der Waals surface area contributed by atoms with E-state index in [2.05, 4.69) is 10.2 Å². The zero-order valence-electron chi connectivity index (χ0n) is 16.9. The van der Waals surface area contributed by atoms with Crippen molar-refractivity contribution in [3.05, 3.63) is 89.7 Å². The highest BCUT2D eigenvalue weighted by Gasteiger charge is 2.19. The Morgan fingerprint density at radius 2 is 1.75 bits per heavy atom. The van der Waals surface area contributed by atoms with Crippen LogP contribution in [0.4, 0.5) is 4.39 Å². The maximum atomic E-state index is 14.0. The highest BCUT2D eigenvalue weighted by Crippen LogP contribution is 2.34. The van der Waals surface area contributed by atoms with Gasteiger partial charge in [0.2, 0.25) is 6.79 Å². The number of carbonyl (C=O) groups excluding carboxylic acids is 1. The fourth-order valence-corrected chi connectivity index (χ4v) is 4.28. The van der Waals surface area contributed by atoms with Crippen molar-refractivity contribution in [1.29, 1.82) is 0 Å². The largest absolute Gasteiger partial charge is 0.454 e. The van der Waals surface area contributed by atoms with Crippen molar-refractivity contribution in [2.24, 2.45) is 0 Å². The van der Waals surface area contributed by atoms with E-state index in [4.69, 9.17) is 9.47 Å². The van der Waals surface area contributed by atoms with Crippen LogP contribution < -0.4 is 9.47 Å². The molecule has 0 N–H and O–H groups in total. The lowest BCUT2D eigenvalue weighted by molar-refractivity contribution is 0.101. The highest BCUT2D eigenvalue weighted by molar-refractivity contribution is 7.99. The Morgan fingerprint density at radius 1 is 0.969 bits per heavy atom. The number of hydrogen-bond acceptors (Lipinski definition) is 6. The Bertz CT molecular complexity index is 1280. The molecule has 3 aromatic carbocycles. The van der Waals surface area contributed by atoms with Gasteiger partial charge in [0.25, 0.3) is 0 Å². The number of Topliss-reactive ketones (excluding diaryl/α,β-unsaturated/α-hetero) is 1. The van der Waals surface area contributed by atoms with Crippen LogP contribution in [0.15, 0.2) is 78.0 Å². The first-order valence-electron chi connectivity index (χ1n) is 9.97. The third-order valence-corrected chi connectivity index (χ3v) is 6.00. The topological polar surface area (TPSA) is 66.2 Å². The molecule has 160 valence electrons. The van der Waals surface area contributed by atoms with E-state index in [9.17, 15) is 9.18 Å². The molecule has 0 saturated heterocycles.